The van der Waals surface area contributed by atoms with Crippen LogP contribution in [0.15, 0.2) is 64.3 Å². The lowest BCUT2D eigenvalue weighted by Gasteiger charge is -2.10. The number of nitrogens with one attached hydrogen (secondary N) is 1. The molecule has 0 unspecified atom stereocenters. The van der Waals surface area contributed by atoms with Crippen LogP contribution in [0.4, 0.5) is 5.82 Å². The third-order valence-corrected chi connectivity index (χ3v) is 5.68. The highest BCUT2D eigenvalue weighted by molar-refractivity contribution is 7.92. The summed E-state index contributed by atoms with van der Waals surface area (Å²) in [6, 6.07) is 11.6. The van der Waals surface area contributed by atoms with E-state index in [1.807, 2.05) is 18.3 Å². The van der Waals surface area contributed by atoms with Gasteiger partial charge in [0.15, 0.2) is 11.4 Å². The van der Waals surface area contributed by atoms with Crippen LogP contribution in [0.25, 0.3) is 11.0 Å². The molecule has 28 heavy (non-hydrogen) atoms. The van der Waals surface area contributed by atoms with E-state index in [0.717, 1.165) is 5.56 Å². The van der Waals surface area contributed by atoms with Crippen molar-refractivity contribution in [1.29, 1.82) is 0 Å². The second-order valence-electron chi connectivity index (χ2n) is 5.97. The van der Waals surface area contributed by atoms with Crippen molar-refractivity contribution in [2.75, 3.05) is 11.8 Å². The van der Waals surface area contributed by atoms with Gasteiger partial charge in [-0.2, -0.15) is 5.10 Å². The summed E-state index contributed by atoms with van der Waals surface area (Å²) >= 11 is 5.94. The average molecular weight is 419 g/mol. The summed E-state index contributed by atoms with van der Waals surface area (Å²) in [4.78, 5) is -0.0889. The number of sulfonamides is 1. The summed E-state index contributed by atoms with van der Waals surface area (Å²) in [5.74, 6) is 0.258. The van der Waals surface area contributed by atoms with E-state index in [2.05, 4.69) is 15.0 Å². The lowest BCUT2D eigenvalue weighted by atomic mass is 10.1. The van der Waals surface area contributed by atoms with Crippen LogP contribution in [-0.2, 0) is 16.6 Å². The van der Waals surface area contributed by atoms with Crippen molar-refractivity contribution < 1.29 is 17.7 Å². The van der Waals surface area contributed by atoms with Gasteiger partial charge in [0.2, 0.25) is 0 Å². The van der Waals surface area contributed by atoms with Crippen molar-refractivity contribution in [2.45, 2.75) is 11.4 Å². The first-order valence-electron chi connectivity index (χ1n) is 8.18. The largest absolute Gasteiger partial charge is 0.495 e. The van der Waals surface area contributed by atoms with Crippen LogP contribution >= 0.6 is 11.6 Å². The maximum atomic E-state index is 12.8. The smallest absolute Gasteiger partial charge is 0.266 e. The Morgan fingerprint density at radius 2 is 2.11 bits per heavy atom. The van der Waals surface area contributed by atoms with Crippen molar-refractivity contribution in [3.05, 3.63) is 65.4 Å². The predicted octanol–water partition coefficient (Wildman–Crippen LogP) is 3.54. The molecule has 4 rings (SSSR count). The Morgan fingerprint density at radius 3 is 2.86 bits per heavy atom. The van der Waals surface area contributed by atoms with Gasteiger partial charge in [0, 0.05) is 17.4 Å². The molecule has 0 radical (unpaired) electrons. The van der Waals surface area contributed by atoms with Crippen molar-refractivity contribution in [1.82, 2.24) is 14.9 Å². The van der Waals surface area contributed by atoms with Gasteiger partial charge in [-0.15, -0.1) is 0 Å². The number of rotatable bonds is 6. The number of benzene rings is 2. The third kappa shape index (κ3) is 3.54. The SMILES string of the molecule is COc1ccc(Cl)cc1S(=O)(=O)Nc1noc2cc(Cn3cccn3)ccc12. The lowest BCUT2D eigenvalue weighted by molar-refractivity contribution is 0.403. The second-order valence-corrected chi connectivity index (χ2v) is 8.05. The standard InChI is InChI=1S/C18H15ClN4O4S/c1-26-15-6-4-13(19)10-17(15)28(24,25)22-18-14-5-3-12(9-16(14)27-21-18)11-23-8-2-7-20-23/h2-10H,11H2,1H3,(H,21,22). The minimum atomic E-state index is -3.99. The first-order chi connectivity index (χ1) is 13.5. The number of anilines is 1. The Labute approximate surface area is 165 Å². The molecule has 2 aromatic heterocycles. The van der Waals surface area contributed by atoms with Crippen LogP contribution in [0.5, 0.6) is 5.75 Å². The highest BCUT2D eigenvalue weighted by Gasteiger charge is 2.23. The zero-order valence-corrected chi connectivity index (χ0v) is 16.2. The molecule has 0 aliphatic heterocycles. The van der Waals surface area contributed by atoms with Crippen molar-refractivity contribution in [2.24, 2.45) is 0 Å². The number of methoxy groups -OCH3 is 1. The van der Waals surface area contributed by atoms with Crippen LogP contribution in [0.1, 0.15) is 5.56 Å². The summed E-state index contributed by atoms with van der Waals surface area (Å²) in [7, 11) is -2.60. The molecule has 0 atom stereocenters. The van der Waals surface area contributed by atoms with E-state index in [1.165, 1.54) is 19.2 Å². The third-order valence-electron chi connectivity index (χ3n) is 4.09. The normalized spacial score (nSPS) is 11.6. The number of halogens is 1. The van der Waals surface area contributed by atoms with E-state index in [0.29, 0.717) is 17.5 Å². The number of aromatic nitrogens is 3. The number of nitrogens with zero attached hydrogens (tertiary/aromatic N) is 3. The van der Waals surface area contributed by atoms with Gasteiger partial charge >= 0.3 is 0 Å². The zero-order chi connectivity index (χ0) is 19.7. The monoisotopic (exact) mass is 418 g/mol. The van der Waals surface area contributed by atoms with E-state index in [-0.39, 0.29) is 21.5 Å². The zero-order valence-electron chi connectivity index (χ0n) is 14.7. The summed E-state index contributed by atoms with van der Waals surface area (Å²) < 4.78 is 40.3. The first-order valence-corrected chi connectivity index (χ1v) is 10.0. The highest BCUT2D eigenvalue weighted by atomic mass is 35.5. The van der Waals surface area contributed by atoms with E-state index in [1.54, 1.807) is 29.1 Å². The summed E-state index contributed by atoms with van der Waals surface area (Å²) in [6.45, 7) is 0.560. The molecular formula is C18H15ClN4O4S. The maximum absolute atomic E-state index is 12.8. The van der Waals surface area contributed by atoms with Gasteiger partial charge in [0.05, 0.1) is 19.0 Å². The van der Waals surface area contributed by atoms with E-state index < -0.39 is 10.0 Å². The van der Waals surface area contributed by atoms with Crippen molar-refractivity contribution in [3.63, 3.8) is 0 Å². The molecular weight excluding hydrogens is 404 g/mol. The Kier molecular flexibility index (Phi) is 4.70. The van der Waals surface area contributed by atoms with Crippen LogP contribution < -0.4 is 9.46 Å². The van der Waals surface area contributed by atoms with Gasteiger partial charge in [-0.3, -0.25) is 9.40 Å². The van der Waals surface area contributed by atoms with E-state index in [4.69, 9.17) is 20.9 Å². The Morgan fingerprint density at radius 1 is 1.25 bits per heavy atom. The van der Waals surface area contributed by atoms with Crippen LogP contribution in [0.3, 0.4) is 0 Å². The second kappa shape index (κ2) is 7.17. The molecule has 0 spiro atoms. The molecule has 2 heterocycles. The van der Waals surface area contributed by atoms with Crippen LogP contribution in [0.2, 0.25) is 5.02 Å². The summed E-state index contributed by atoms with van der Waals surface area (Å²) in [5.41, 5.74) is 1.40. The molecule has 0 amide bonds. The fraction of sp³-hybridized carbons (Fsp3) is 0.111. The molecule has 144 valence electrons. The summed E-state index contributed by atoms with van der Waals surface area (Å²) in [6.07, 6.45) is 3.55. The number of hydrogen-bond acceptors (Lipinski definition) is 6. The van der Waals surface area contributed by atoms with Gasteiger partial charge in [0.1, 0.15) is 10.6 Å². The van der Waals surface area contributed by atoms with Gasteiger partial charge in [-0.05, 0) is 42.0 Å². The Bertz CT molecular complexity index is 1240. The number of fused-ring (bicyclic) bond motifs is 1. The topological polar surface area (TPSA) is 99.3 Å². The van der Waals surface area contributed by atoms with Gasteiger partial charge in [0.25, 0.3) is 10.0 Å². The van der Waals surface area contributed by atoms with Gasteiger partial charge in [-0.25, -0.2) is 8.42 Å². The van der Waals surface area contributed by atoms with Crippen LogP contribution in [-0.4, -0.2) is 30.5 Å². The molecule has 1 N–H and O–H groups in total. The fourth-order valence-electron chi connectivity index (χ4n) is 2.78. The molecule has 0 fully saturated rings. The molecule has 0 bridgehead atoms. The molecule has 0 saturated carbocycles. The van der Waals surface area contributed by atoms with Crippen molar-refractivity contribution in [3.8, 4) is 5.75 Å². The summed E-state index contributed by atoms with van der Waals surface area (Å²) in [5, 5.41) is 8.83. The average Bonchev–Trinajstić information content (AvgIpc) is 3.31. The van der Waals surface area contributed by atoms with Gasteiger partial charge < -0.3 is 9.26 Å². The lowest BCUT2D eigenvalue weighted by Crippen LogP contribution is -2.14. The number of hydrogen-bond donors (Lipinski definition) is 1. The first kappa shape index (κ1) is 18.3. The Hall–Kier alpha value is -3.04. The van der Waals surface area contributed by atoms with E-state index >= 15 is 0 Å². The molecule has 2 aromatic carbocycles. The van der Waals surface area contributed by atoms with Crippen LogP contribution in [0, 0.1) is 0 Å². The Balaban J connectivity index is 1.65. The quantitative estimate of drug-likeness (QED) is 0.514. The molecule has 0 saturated heterocycles. The minimum Gasteiger partial charge on any atom is -0.495 e. The number of ether oxygens (including phenoxy) is 1. The van der Waals surface area contributed by atoms with Gasteiger partial charge in [-0.1, -0.05) is 22.8 Å². The van der Waals surface area contributed by atoms with Crippen molar-refractivity contribution >= 4 is 38.4 Å². The maximum Gasteiger partial charge on any atom is 0.266 e. The minimum absolute atomic E-state index is 0.0858. The highest BCUT2D eigenvalue weighted by Crippen LogP contribution is 2.31. The molecule has 10 heteroatoms. The predicted molar refractivity (Wildman–Crippen MR) is 104 cm³/mol. The molecule has 4 aromatic rings. The molecule has 0 aliphatic carbocycles. The molecule has 8 nitrogen and oxygen atoms in total. The molecule has 0 aliphatic rings. The fourth-order valence-corrected chi connectivity index (χ4v) is 4.22. The van der Waals surface area contributed by atoms with E-state index in [9.17, 15) is 8.42 Å².